The minimum atomic E-state index is -1.67. The van der Waals surface area contributed by atoms with Crippen LogP contribution in [0.1, 0.15) is 46.6 Å². The fourth-order valence-corrected chi connectivity index (χ4v) is 7.04. The van der Waals surface area contributed by atoms with Gasteiger partial charge in [-0.05, 0) is 65.5 Å². The summed E-state index contributed by atoms with van der Waals surface area (Å²) in [6.07, 6.45) is 3.63. The summed E-state index contributed by atoms with van der Waals surface area (Å²) in [4.78, 5) is 10.2. The Kier molecular flexibility index (Phi) is 7.64. The van der Waals surface area contributed by atoms with Gasteiger partial charge in [-0.1, -0.05) is 38.9 Å². The van der Waals surface area contributed by atoms with Crippen molar-refractivity contribution >= 4 is 30.0 Å². The minimum absolute atomic E-state index is 0.0152. The molecule has 25 heavy (non-hydrogen) atoms. The van der Waals surface area contributed by atoms with Gasteiger partial charge in [-0.2, -0.15) is 0 Å². The molecule has 3 atom stereocenters. The van der Waals surface area contributed by atoms with Gasteiger partial charge in [0.2, 0.25) is 0 Å². The molecule has 1 aliphatic heterocycles. The maximum absolute atomic E-state index is 6.67. The maximum Gasteiger partial charge on any atom is 0.192 e. The first-order chi connectivity index (χ1) is 12.0. The fraction of sp³-hybridized carbons (Fsp3) is 0.684. The standard InChI is InChI=1S/C19H31BrN2O2Si/c1-6-17-16(13-15-11-10-12-21-19(15)20)18(23-22-17)14(5)24-25(7-2,8-3)9-4/h10-12,14,16,18H,6-9,13H2,1-5H3/t14-,16-,18+/m1/s1. The van der Waals surface area contributed by atoms with E-state index in [9.17, 15) is 0 Å². The van der Waals surface area contributed by atoms with Crippen molar-refractivity contribution in [2.24, 2.45) is 11.1 Å². The molecule has 1 aliphatic rings. The van der Waals surface area contributed by atoms with Gasteiger partial charge in [-0.15, -0.1) is 0 Å². The van der Waals surface area contributed by atoms with Gasteiger partial charge in [0.25, 0.3) is 0 Å². The first-order valence-electron chi connectivity index (χ1n) is 9.49. The van der Waals surface area contributed by atoms with E-state index in [0.717, 1.165) is 41.3 Å². The Morgan fingerprint density at radius 1 is 1.24 bits per heavy atom. The second-order valence-electron chi connectivity index (χ2n) is 6.84. The number of hydrogen-bond acceptors (Lipinski definition) is 4. The first kappa shape index (κ1) is 20.6. The number of hydrogen-bond donors (Lipinski definition) is 0. The summed E-state index contributed by atoms with van der Waals surface area (Å²) in [6.45, 7) is 11.1. The molecule has 0 spiro atoms. The zero-order valence-electron chi connectivity index (χ0n) is 16.1. The van der Waals surface area contributed by atoms with Crippen LogP contribution in [-0.4, -0.2) is 31.2 Å². The summed E-state index contributed by atoms with van der Waals surface area (Å²) >= 11 is 3.57. The zero-order chi connectivity index (χ0) is 18.4. The highest BCUT2D eigenvalue weighted by Gasteiger charge is 2.41. The fourth-order valence-electron chi connectivity index (χ4n) is 3.70. The van der Waals surface area contributed by atoms with E-state index in [1.807, 2.05) is 6.07 Å². The molecule has 0 N–H and O–H groups in total. The van der Waals surface area contributed by atoms with E-state index in [-0.39, 0.29) is 18.1 Å². The van der Waals surface area contributed by atoms with Gasteiger partial charge in [-0.3, -0.25) is 0 Å². The number of pyridine rings is 1. The Hall–Kier alpha value is -0.723. The van der Waals surface area contributed by atoms with Gasteiger partial charge >= 0.3 is 0 Å². The van der Waals surface area contributed by atoms with Crippen molar-refractivity contribution in [2.75, 3.05) is 0 Å². The topological polar surface area (TPSA) is 43.7 Å². The monoisotopic (exact) mass is 426 g/mol. The molecule has 140 valence electrons. The van der Waals surface area contributed by atoms with E-state index in [4.69, 9.17) is 9.26 Å². The van der Waals surface area contributed by atoms with Crippen LogP contribution in [0.15, 0.2) is 28.1 Å². The molecular weight excluding hydrogens is 396 g/mol. The quantitative estimate of drug-likeness (QED) is 0.382. The van der Waals surface area contributed by atoms with E-state index in [2.05, 4.69) is 66.8 Å². The Bertz CT molecular complexity index is 584. The molecule has 0 aliphatic carbocycles. The van der Waals surface area contributed by atoms with E-state index in [0.29, 0.717) is 0 Å². The lowest BCUT2D eigenvalue weighted by Gasteiger charge is -2.35. The molecule has 4 nitrogen and oxygen atoms in total. The van der Waals surface area contributed by atoms with Crippen LogP contribution in [0.5, 0.6) is 0 Å². The van der Waals surface area contributed by atoms with Crippen molar-refractivity contribution in [1.29, 1.82) is 0 Å². The summed E-state index contributed by atoms with van der Waals surface area (Å²) in [5.41, 5.74) is 2.33. The predicted molar refractivity (Wildman–Crippen MR) is 109 cm³/mol. The predicted octanol–water partition coefficient (Wildman–Crippen LogP) is 5.58. The Labute approximate surface area is 161 Å². The number of nitrogens with zero attached hydrogens (tertiary/aromatic N) is 2. The van der Waals surface area contributed by atoms with Gasteiger partial charge in [0.15, 0.2) is 14.4 Å². The summed E-state index contributed by atoms with van der Waals surface area (Å²) in [6, 6.07) is 7.55. The lowest BCUT2D eigenvalue weighted by Crippen LogP contribution is -2.45. The van der Waals surface area contributed by atoms with Crippen molar-refractivity contribution in [3.05, 3.63) is 28.5 Å². The molecule has 0 radical (unpaired) electrons. The van der Waals surface area contributed by atoms with Crippen molar-refractivity contribution in [3.63, 3.8) is 0 Å². The molecule has 1 aromatic rings. The average molecular weight is 427 g/mol. The molecule has 0 saturated heterocycles. The second kappa shape index (κ2) is 9.28. The van der Waals surface area contributed by atoms with Crippen molar-refractivity contribution in [3.8, 4) is 0 Å². The van der Waals surface area contributed by atoms with Crippen molar-refractivity contribution in [2.45, 2.75) is 77.8 Å². The lowest BCUT2D eigenvalue weighted by atomic mass is 9.87. The Morgan fingerprint density at radius 2 is 1.92 bits per heavy atom. The SMILES string of the molecule is CCC1=NO[C@@H]([C@@H](C)O[Si](CC)(CC)CC)[C@@H]1Cc1cccnc1Br. The van der Waals surface area contributed by atoms with Crippen LogP contribution in [0.25, 0.3) is 0 Å². The third-order valence-corrected chi connectivity index (χ3v) is 11.0. The molecule has 2 rings (SSSR count). The van der Waals surface area contributed by atoms with Crippen molar-refractivity contribution in [1.82, 2.24) is 4.98 Å². The average Bonchev–Trinajstić information content (AvgIpc) is 3.04. The second-order valence-corrected chi connectivity index (χ2v) is 12.3. The molecule has 0 bridgehead atoms. The molecule has 1 aromatic heterocycles. The molecule has 2 heterocycles. The van der Waals surface area contributed by atoms with Crippen LogP contribution in [-0.2, 0) is 15.7 Å². The smallest absolute Gasteiger partial charge is 0.192 e. The van der Waals surface area contributed by atoms with Gasteiger partial charge in [0.1, 0.15) is 4.60 Å². The normalized spacial score (nSPS) is 21.8. The van der Waals surface area contributed by atoms with E-state index in [1.54, 1.807) is 6.20 Å². The highest BCUT2D eigenvalue weighted by molar-refractivity contribution is 9.10. The van der Waals surface area contributed by atoms with Gasteiger partial charge < -0.3 is 9.26 Å². The minimum Gasteiger partial charge on any atom is -0.410 e. The van der Waals surface area contributed by atoms with Crippen LogP contribution in [0.3, 0.4) is 0 Å². The van der Waals surface area contributed by atoms with Crippen LogP contribution < -0.4 is 0 Å². The van der Waals surface area contributed by atoms with Crippen molar-refractivity contribution < 1.29 is 9.26 Å². The zero-order valence-corrected chi connectivity index (χ0v) is 18.7. The number of rotatable bonds is 9. The third-order valence-electron chi connectivity index (χ3n) is 5.59. The van der Waals surface area contributed by atoms with Gasteiger partial charge in [0, 0.05) is 12.1 Å². The van der Waals surface area contributed by atoms with Crippen LogP contribution in [0.2, 0.25) is 18.1 Å². The first-order valence-corrected chi connectivity index (χ1v) is 12.8. The van der Waals surface area contributed by atoms with E-state index >= 15 is 0 Å². The number of aromatic nitrogens is 1. The summed E-state index contributed by atoms with van der Waals surface area (Å²) < 4.78 is 7.58. The molecular formula is C19H31BrN2O2Si. The third kappa shape index (κ3) is 4.71. The maximum atomic E-state index is 6.67. The van der Waals surface area contributed by atoms with Gasteiger partial charge in [-0.25, -0.2) is 4.98 Å². The molecule has 0 amide bonds. The molecule has 0 saturated carbocycles. The van der Waals surface area contributed by atoms with E-state index in [1.165, 1.54) is 5.56 Å². The lowest BCUT2D eigenvalue weighted by molar-refractivity contribution is -0.0205. The molecule has 0 aromatic carbocycles. The van der Waals surface area contributed by atoms with Gasteiger partial charge in [0.05, 0.1) is 11.8 Å². The Balaban J connectivity index is 2.17. The molecule has 0 fully saturated rings. The summed E-state index contributed by atoms with van der Waals surface area (Å²) in [7, 11) is -1.67. The molecule has 6 heteroatoms. The Morgan fingerprint density at radius 3 is 2.48 bits per heavy atom. The number of halogens is 1. The van der Waals surface area contributed by atoms with Crippen LogP contribution in [0.4, 0.5) is 0 Å². The largest absolute Gasteiger partial charge is 0.410 e. The van der Waals surface area contributed by atoms with E-state index < -0.39 is 8.32 Å². The molecule has 0 unspecified atom stereocenters. The number of oxime groups is 1. The highest BCUT2D eigenvalue weighted by Crippen LogP contribution is 2.32. The van der Waals surface area contributed by atoms with Crippen LogP contribution in [0, 0.1) is 5.92 Å². The summed E-state index contributed by atoms with van der Waals surface area (Å²) in [5, 5.41) is 4.39. The van der Waals surface area contributed by atoms with Crippen LogP contribution >= 0.6 is 15.9 Å². The highest BCUT2D eigenvalue weighted by atomic mass is 79.9. The summed E-state index contributed by atoms with van der Waals surface area (Å²) in [5.74, 6) is 0.248.